The maximum Gasteiger partial charge on any atom is 0.123 e. The second kappa shape index (κ2) is 5.52. The van der Waals surface area contributed by atoms with Gasteiger partial charge in [-0.15, -0.1) is 0 Å². The second-order valence-electron chi connectivity index (χ2n) is 5.28. The Morgan fingerprint density at radius 3 is 2.41 bits per heavy atom. The summed E-state index contributed by atoms with van der Waals surface area (Å²) in [7, 11) is 1.57. The molecule has 3 heteroatoms. The number of hydrogen-bond donors (Lipinski definition) is 2. The highest BCUT2D eigenvalue weighted by atomic mass is 16.6. The van der Waals surface area contributed by atoms with Crippen molar-refractivity contribution in [1.82, 2.24) is 5.48 Å². The lowest BCUT2D eigenvalue weighted by Gasteiger charge is -2.23. The van der Waals surface area contributed by atoms with Gasteiger partial charge in [-0.2, -0.15) is 5.48 Å². The normalized spacial score (nSPS) is 11.8. The van der Waals surface area contributed by atoms with Crippen molar-refractivity contribution in [2.75, 3.05) is 7.11 Å². The first-order chi connectivity index (χ1) is 7.90. The maximum atomic E-state index is 10.3. The van der Waals surface area contributed by atoms with E-state index < -0.39 is 0 Å². The Balaban J connectivity index is 3.21. The van der Waals surface area contributed by atoms with Crippen LogP contribution in [0.1, 0.15) is 44.4 Å². The van der Waals surface area contributed by atoms with E-state index >= 15 is 0 Å². The van der Waals surface area contributed by atoms with Crippen LogP contribution in [0.4, 0.5) is 0 Å². The average Bonchev–Trinajstić information content (AvgIpc) is 2.26. The fourth-order valence-electron chi connectivity index (χ4n) is 1.82. The van der Waals surface area contributed by atoms with Crippen LogP contribution in [0.3, 0.4) is 0 Å². The van der Waals surface area contributed by atoms with Gasteiger partial charge in [-0.25, -0.2) is 0 Å². The van der Waals surface area contributed by atoms with E-state index in [0.29, 0.717) is 12.3 Å². The fourth-order valence-corrected chi connectivity index (χ4v) is 1.82. The second-order valence-corrected chi connectivity index (χ2v) is 5.28. The molecule has 0 aromatic heterocycles. The SMILES string of the molecule is CCc1cc(CNOC)c(O)c(C(C)(C)C)c1. The first kappa shape index (κ1) is 14.0. The van der Waals surface area contributed by atoms with Gasteiger partial charge in [0, 0.05) is 12.1 Å². The van der Waals surface area contributed by atoms with E-state index in [0.717, 1.165) is 17.5 Å². The van der Waals surface area contributed by atoms with Crippen LogP contribution in [0.15, 0.2) is 12.1 Å². The van der Waals surface area contributed by atoms with E-state index in [4.69, 9.17) is 4.84 Å². The number of benzene rings is 1. The highest BCUT2D eigenvalue weighted by Crippen LogP contribution is 2.34. The van der Waals surface area contributed by atoms with Crippen molar-refractivity contribution in [2.24, 2.45) is 0 Å². The number of nitrogens with one attached hydrogen (secondary N) is 1. The minimum Gasteiger partial charge on any atom is -0.507 e. The first-order valence-corrected chi connectivity index (χ1v) is 6.01. The summed E-state index contributed by atoms with van der Waals surface area (Å²) in [5, 5.41) is 10.3. The summed E-state index contributed by atoms with van der Waals surface area (Å²) in [5.74, 6) is 0.374. The quantitative estimate of drug-likeness (QED) is 0.791. The molecule has 0 saturated carbocycles. The Labute approximate surface area is 104 Å². The molecule has 0 heterocycles. The highest BCUT2D eigenvalue weighted by molar-refractivity contribution is 5.47. The van der Waals surface area contributed by atoms with Crippen LogP contribution >= 0.6 is 0 Å². The smallest absolute Gasteiger partial charge is 0.123 e. The van der Waals surface area contributed by atoms with E-state index in [1.807, 2.05) is 6.07 Å². The first-order valence-electron chi connectivity index (χ1n) is 6.01. The Kier molecular flexibility index (Phi) is 4.54. The predicted octanol–water partition coefficient (Wildman–Crippen LogP) is 2.90. The van der Waals surface area contributed by atoms with Crippen molar-refractivity contribution in [3.05, 3.63) is 28.8 Å². The topological polar surface area (TPSA) is 41.5 Å². The third-order valence-corrected chi connectivity index (χ3v) is 2.87. The summed E-state index contributed by atoms with van der Waals surface area (Å²) in [6.07, 6.45) is 0.962. The molecule has 0 saturated heterocycles. The van der Waals surface area contributed by atoms with Crippen LogP contribution < -0.4 is 5.48 Å². The van der Waals surface area contributed by atoms with Gasteiger partial charge < -0.3 is 9.94 Å². The lowest BCUT2D eigenvalue weighted by molar-refractivity contribution is 0.0861. The van der Waals surface area contributed by atoms with E-state index in [9.17, 15) is 5.11 Å². The minimum absolute atomic E-state index is 0.0584. The zero-order chi connectivity index (χ0) is 13.1. The molecule has 0 unspecified atom stereocenters. The molecule has 1 aromatic carbocycles. The van der Waals surface area contributed by atoms with Gasteiger partial charge >= 0.3 is 0 Å². The molecular weight excluding hydrogens is 214 g/mol. The van der Waals surface area contributed by atoms with Gasteiger partial charge in [0.2, 0.25) is 0 Å². The molecule has 0 aliphatic carbocycles. The molecule has 96 valence electrons. The zero-order valence-corrected chi connectivity index (χ0v) is 11.4. The van der Waals surface area contributed by atoms with Crippen molar-refractivity contribution < 1.29 is 9.94 Å². The molecule has 0 fully saturated rings. The molecule has 0 bridgehead atoms. The van der Waals surface area contributed by atoms with Crippen molar-refractivity contribution in [1.29, 1.82) is 0 Å². The molecule has 0 atom stereocenters. The number of hydroxylamine groups is 1. The van der Waals surface area contributed by atoms with Gasteiger partial charge in [0.05, 0.1) is 7.11 Å². The molecule has 2 N–H and O–H groups in total. The summed E-state index contributed by atoms with van der Waals surface area (Å²) >= 11 is 0. The Hall–Kier alpha value is -1.06. The van der Waals surface area contributed by atoms with Crippen LogP contribution in [0.25, 0.3) is 0 Å². The lowest BCUT2D eigenvalue weighted by atomic mass is 9.83. The average molecular weight is 237 g/mol. The number of rotatable bonds is 4. The summed E-state index contributed by atoms with van der Waals surface area (Å²) in [6, 6.07) is 4.11. The maximum absolute atomic E-state index is 10.3. The number of phenolic OH excluding ortho intramolecular Hbond substituents is 1. The number of aryl methyl sites for hydroxylation is 1. The van der Waals surface area contributed by atoms with E-state index in [-0.39, 0.29) is 5.41 Å². The molecule has 17 heavy (non-hydrogen) atoms. The fraction of sp³-hybridized carbons (Fsp3) is 0.571. The Bertz CT molecular complexity index is 381. The Morgan fingerprint density at radius 1 is 1.29 bits per heavy atom. The third kappa shape index (κ3) is 3.45. The van der Waals surface area contributed by atoms with Gasteiger partial charge in [0.15, 0.2) is 0 Å². The van der Waals surface area contributed by atoms with Crippen LogP contribution in [0.5, 0.6) is 5.75 Å². The molecular formula is C14H23NO2. The summed E-state index contributed by atoms with van der Waals surface area (Å²) in [4.78, 5) is 4.84. The number of aromatic hydroxyl groups is 1. The molecule has 0 aliphatic rings. The molecule has 1 aromatic rings. The molecule has 3 nitrogen and oxygen atoms in total. The molecule has 0 radical (unpaired) electrons. The molecule has 0 aliphatic heterocycles. The Morgan fingerprint density at radius 2 is 1.94 bits per heavy atom. The summed E-state index contributed by atoms with van der Waals surface area (Å²) in [5.41, 5.74) is 5.83. The largest absolute Gasteiger partial charge is 0.507 e. The lowest BCUT2D eigenvalue weighted by Crippen LogP contribution is -2.16. The number of hydrogen-bond acceptors (Lipinski definition) is 3. The van der Waals surface area contributed by atoms with Gasteiger partial charge in [-0.05, 0) is 23.0 Å². The monoisotopic (exact) mass is 237 g/mol. The van der Waals surface area contributed by atoms with E-state index in [1.54, 1.807) is 7.11 Å². The highest BCUT2D eigenvalue weighted by Gasteiger charge is 2.20. The van der Waals surface area contributed by atoms with Crippen molar-refractivity contribution >= 4 is 0 Å². The van der Waals surface area contributed by atoms with Crippen molar-refractivity contribution in [3.63, 3.8) is 0 Å². The summed E-state index contributed by atoms with van der Waals surface area (Å²) in [6.45, 7) is 8.95. The standard InChI is InChI=1S/C14H23NO2/c1-6-10-7-11(9-15-17-5)13(16)12(8-10)14(2,3)4/h7-8,15-16H,6,9H2,1-5H3. The minimum atomic E-state index is -0.0584. The zero-order valence-electron chi connectivity index (χ0n) is 11.4. The van der Waals surface area contributed by atoms with Crippen LogP contribution in [0, 0.1) is 0 Å². The van der Waals surface area contributed by atoms with Gasteiger partial charge in [0.25, 0.3) is 0 Å². The summed E-state index contributed by atoms with van der Waals surface area (Å²) < 4.78 is 0. The van der Waals surface area contributed by atoms with Gasteiger partial charge in [0.1, 0.15) is 5.75 Å². The van der Waals surface area contributed by atoms with Crippen LogP contribution in [-0.2, 0) is 23.2 Å². The molecule has 1 rings (SSSR count). The third-order valence-electron chi connectivity index (χ3n) is 2.87. The number of phenols is 1. The van der Waals surface area contributed by atoms with E-state index in [2.05, 4.69) is 39.2 Å². The van der Waals surface area contributed by atoms with Gasteiger partial charge in [-0.1, -0.05) is 39.8 Å². The predicted molar refractivity (Wildman–Crippen MR) is 70.0 cm³/mol. The van der Waals surface area contributed by atoms with Crippen molar-refractivity contribution in [2.45, 2.75) is 46.1 Å². The van der Waals surface area contributed by atoms with Crippen LogP contribution in [0.2, 0.25) is 0 Å². The van der Waals surface area contributed by atoms with Crippen molar-refractivity contribution in [3.8, 4) is 5.75 Å². The van der Waals surface area contributed by atoms with Crippen LogP contribution in [-0.4, -0.2) is 12.2 Å². The van der Waals surface area contributed by atoms with Gasteiger partial charge in [-0.3, -0.25) is 0 Å². The molecule has 0 spiro atoms. The molecule has 0 amide bonds. The van der Waals surface area contributed by atoms with E-state index in [1.165, 1.54) is 5.56 Å².